The van der Waals surface area contributed by atoms with Gasteiger partial charge >= 0.3 is 0 Å². The van der Waals surface area contributed by atoms with Gasteiger partial charge in [-0.05, 0) is 19.1 Å². The van der Waals surface area contributed by atoms with Crippen LogP contribution in [0.5, 0.6) is 0 Å². The molecule has 0 unspecified atom stereocenters. The van der Waals surface area contributed by atoms with Crippen LogP contribution in [0.25, 0.3) is 11.5 Å². The molecule has 0 aromatic carbocycles. The van der Waals surface area contributed by atoms with Crippen LogP contribution in [0.2, 0.25) is 0 Å². The van der Waals surface area contributed by atoms with E-state index in [-0.39, 0.29) is 0 Å². The third-order valence-electron chi connectivity index (χ3n) is 1.84. The Morgan fingerprint density at radius 3 is 2.85 bits per heavy atom. The van der Waals surface area contributed by atoms with E-state index in [0.29, 0.717) is 10.6 Å². The maximum absolute atomic E-state index is 5.07. The van der Waals surface area contributed by atoms with Crippen molar-refractivity contribution in [1.29, 1.82) is 0 Å². The van der Waals surface area contributed by atoms with E-state index in [9.17, 15) is 0 Å². The Morgan fingerprint density at radius 2 is 2.38 bits per heavy atom. The Balaban J connectivity index is 2.65. The molecule has 0 fully saturated rings. The normalized spacial score (nSPS) is 10.6. The van der Waals surface area contributed by atoms with Gasteiger partial charge < -0.3 is 8.98 Å². The van der Waals surface area contributed by atoms with Crippen molar-refractivity contribution < 1.29 is 4.42 Å². The number of hydrogen-bond acceptors (Lipinski definition) is 4. The predicted octanol–water partition coefficient (Wildman–Crippen LogP) is 1.44. The number of nitrogens with one attached hydrogen (secondary N) is 1. The largest absolute Gasteiger partial charge is 0.448 e. The van der Waals surface area contributed by atoms with Crippen LogP contribution in [0.1, 0.15) is 5.76 Å². The minimum Gasteiger partial charge on any atom is -0.448 e. The summed E-state index contributed by atoms with van der Waals surface area (Å²) in [6.07, 6.45) is 1.39. The first-order chi connectivity index (χ1) is 6.20. The number of aromatic amines is 1. The fraction of sp³-hybridized carbons (Fsp3) is 0.286. The minimum atomic E-state index is 0.567. The molecule has 2 heterocycles. The lowest BCUT2D eigenvalue weighted by molar-refractivity contribution is 0.527. The van der Waals surface area contributed by atoms with Crippen LogP contribution in [0.3, 0.4) is 0 Å². The van der Waals surface area contributed by atoms with Gasteiger partial charge in [-0.1, -0.05) is 0 Å². The fourth-order valence-corrected chi connectivity index (χ4v) is 1.21. The molecule has 13 heavy (non-hydrogen) atoms. The van der Waals surface area contributed by atoms with E-state index >= 15 is 0 Å². The van der Waals surface area contributed by atoms with E-state index in [2.05, 4.69) is 15.2 Å². The van der Waals surface area contributed by atoms with Gasteiger partial charge in [0.15, 0.2) is 17.0 Å². The highest BCUT2D eigenvalue weighted by molar-refractivity contribution is 7.71. The summed E-state index contributed by atoms with van der Waals surface area (Å²) in [6.45, 7) is 1.83. The molecule has 0 aliphatic carbocycles. The third kappa shape index (κ3) is 1.19. The average Bonchev–Trinajstić information content (AvgIpc) is 2.62. The molecule has 0 bridgehead atoms. The second-order valence-electron chi connectivity index (χ2n) is 2.67. The topological polar surface area (TPSA) is 59.6 Å². The molecule has 68 valence electrons. The van der Waals surface area contributed by atoms with Crippen molar-refractivity contribution in [3.05, 3.63) is 16.9 Å². The maximum atomic E-state index is 5.07. The van der Waals surface area contributed by atoms with Crippen LogP contribution in [0.15, 0.2) is 10.8 Å². The molecule has 6 heteroatoms. The monoisotopic (exact) mass is 196 g/mol. The lowest BCUT2D eigenvalue weighted by Crippen LogP contribution is -1.93. The number of oxazole rings is 1. The number of rotatable bonds is 1. The van der Waals surface area contributed by atoms with Crippen molar-refractivity contribution in [3.63, 3.8) is 0 Å². The summed E-state index contributed by atoms with van der Waals surface area (Å²) in [6, 6.07) is 0. The Labute approximate surface area is 79.4 Å². The summed E-state index contributed by atoms with van der Waals surface area (Å²) in [7, 11) is 1.83. The summed E-state index contributed by atoms with van der Waals surface area (Å²) < 4.78 is 7.39. The van der Waals surface area contributed by atoms with E-state index in [4.69, 9.17) is 16.6 Å². The van der Waals surface area contributed by atoms with Crippen LogP contribution in [-0.4, -0.2) is 19.7 Å². The summed E-state index contributed by atoms with van der Waals surface area (Å²) in [5.74, 6) is 1.42. The molecule has 0 aliphatic rings. The van der Waals surface area contributed by atoms with E-state index in [1.165, 1.54) is 6.39 Å². The fourth-order valence-electron chi connectivity index (χ4n) is 1.08. The molecule has 1 N–H and O–H groups in total. The first-order valence-corrected chi connectivity index (χ1v) is 4.13. The Bertz CT molecular complexity index is 481. The van der Waals surface area contributed by atoms with E-state index < -0.39 is 0 Å². The van der Waals surface area contributed by atoms with Gasteiger partial charge in [-0.25, -0.2) is 4.98 Å². The van der Waals surface area contributed by atoms with Gasteiger partial charge in [0.25, 0.3) is 0 Å². The molecule has 2 rings (SSSR count). The zero-order valence-corrected chi connectivity index (χ0v) is 8.05. The Hall–Kier alpha value is -1.43. The number of H-pyrrole nitrogens is 1. The quantitative estimate of drug-likeness (QED) is 0.701. The number of hydrogen-bond donors (Lipinski definition) is 1. The number of aryl methyl sites for hydroxylation is 1. The first kappa shape index (κ1) is 8.18. The average molecular weight is 196 g/mol. The zero-order valence-electron chi connectivity index (χ0n) is 7.24. The van der Waals surface area contributed by atoms with Crippen molar-refractivity contribution in [2.45, 2.75) is 6.92 Å². The lowest BCUT2D eigenvalue weighted by Gasteiger charge is -1.94. The van der Waals surface area contributed by atoms with Gasteiger partial charge in [0.1, 0.15) is 11.5 Å². The molecule has 0 amide bonds. The van der Waals surface area contributed by atoms with E-state index in [0.717, 1.165) is 11.5 Å². The van der Waals surface area contributed by atoms with E-state index in [1.54, 1.807) is 4.57 Å². The summed E-state index contributed by atoms with van der Waals surface area (Å²) in [5, 5.41) is 6.73. The van der Waals surface area contributed by atoms with Crippen LogP contribution < -0.4 is 0 Å². The molecule has 0 radical (unpaired) electrons. The van der Waals surface area contributed by atoms with Crippen LogP contribution >= 0.6 is 12.2 Å². The highest BCUT2D eigenvalue weighted by Crippen LogP contribution is 2.17. The van der Waals surface area contributed by atoms with Gasteiger partial charge in [0.2, 0.25) is 0 Å². The number of nitrogens with zero attached hydrogens (tertiary/aromatic N) is 3. The highest BCUT2D eigenvalue weighted by atomic mass is 32.1. The van der Waals surface area contributed by atoms with Gasteiger partial charge in [0, 0.05) is 7.05 Å². The minimum absolute atomic E-state index is 0.567. The molecule has 2 aromatic rings. The maximum Gasteiger partial charge on any atom is 0.195 e. The zero-order chi connectivity index (χ0) is 9.42. The molecule has 0 spiro atoms. The standard InChI is InChI=1S/C7H8N4OS/c1-4-5(8-3-12-4)6-9-10-7(13)11(6)2/h3H,1-2H3,(H,10,13). The molecule has 0 aliphatic heterocycles. The van der Waals surface area contributed by atoms with Crippen LogP contribution in [0, 0.1) is 11.7 Å². The lowest BCUT2D eigenvalue weighted by atomic mass is 10.3. The molecule has 0 atom stereocenters. The van der Waals surface area contributed by atoms with Crippen molar-refractivity contribution >= 4 is 12.2 Å². The van der Waals surface area contributed by atoms with E-state index in [1.807, 2.05) is 14.0 Å². The molecule has 2 aromatic heterocycles. The Kier molecular flexibility index (Phi) is 1.77. The molecule has 0 saturated carbocycles. The van der Waals surface area contributed by atoms with Gasteiger partial charge in [-0.15, -0.1) is 0 Å². The predicted molar refractivity (Wildman–Crippen MR) is 48.6 cm³/mol. The molecule has 5 nitrogen and oxygen atoms in total. The summed E-state index contributed by atoms with van der Waals surface area (Å²) >= 11 is 4.98. The Morgan fingerprint density at radius 1 is 1.62 bits per heavy atom. The molecular weight excluding hydrogens is 188 g/mol. The van der Waals surface area contributed by atoms with Crippen molar-refractivity contribution in [1.82, 2.24) is 19.7 Å². The second-order valence-corrected chi connectivity index (χ2v) is 3.06. The molecular formula is C7H8N4OS. The SMILES string of the molecule is Cc1ocnc1-c1n[nH]c(=S)n1C. The second kappa shape index (κ2) is 2.81. The summed E-state index contributed by atoms with van der Waals surface area (Å²) in [5.41, 5.74) is 0.717. The van der Waals surface area contributed by atoms with Crippen LogP contribution in [0.4, 0.5) is 0 Å². The first-order valence-electron chi connectivity index (χ1n) is 3.72. The van der Waals surface area contributed by atoms with Gasteiger partial charge in [-0.3, -0.25) is 5.10 Å². The molecule has 0 saturated heterocycles. The highest BCUT2D eigenvalue weighted by Gasteiger charge is 2.11. The third-order valence-corrected chi connectivity index (χ3v) is 2.20. The van der Waals surface area contributed by atoms with Crippen molar-refractivity contribution in [2.75, 3.05) is 0 Å². The number of aromatic nitrogens is 4. The van der Waals surface area contributed by atoms with Crippen molar-refractivity contribution in [2.24, 2.45) is 7.05 Å². The van der Waals surface area contributed by atoms with Gasteiger partial charge in [0.05, 0.1) is 0 Å². The van der Waals surface area contributed by atoms with Gasteiger partial charge in [-0.2, -0.15) is 5.10 Å². The summed E-state index contributed by atoms with van der Waals surface area (Å²) in [4.78, 5) is 4.04. The van der Waals surface area contributed by atoms with Crippen molar-refractivity contribution in [3.8, 4) is 11.5 Å². The smallest absolute Gasteiger partial charge is 0.195 e. The van der Waals surface area contributed by atoms with Crippen LogP contribution in [-0.2, 0) is 7.05 Å².